The zero-order chi connectivity index (χ0) is 13.2. The molecule has 1 saturated heterocycles. The van der Waals surface area contributed by atoms with Crippen molar-refractivity contribution >= 4 is 11.5 Å². The molecule has 0 amide bonds. The lowest BCUT2D eigenvalue weighted by Gasteiger charge is -2.42. The molecular weight excluding hydrogens is 224 g/mol. The Kier molecular flexibility index (Phi) is 3.53. The van der Waals surface area contributed by atoms with Gasteiger partial charge in [-0.05, 0) is 26.8 Å². The number of hydrogen-bond acceptors (Lipinski definition) is 3. The number of rotatable bonds is 1. The minimum atomic E-state index is 0.244. The fourth-order valence-corrected chi connectivity index (χ4v) is 2.24. The van der Waals surface area contributed by atoms with Crippen molar-refractivity contribution < 1.29 is 0 Å². The van der Waals surface area contributed by atoms with Crippen LogP contribution in [0.15, 0.2) is 18.3 Å². The van der Waals surface area contributed by atoms with E-state index >= 15 is 0 Å². The summed E-state index contributed by atoms with van der Waals surface area (Å²) in [7, 11) is 0. The predicted octanol–water partition coefficient (Wildman–Crippen LogP) is 2.55. The summed E-state index contributed by atoms with van der Waals surface area (Å²) in [5.74, 6) is 0.982. The molecule has 1 aromatic rings. The molecule has 0 saturated carbocycles. The molecule has 18 heavy (non-hydrogen) atoms. The molecule has 0 bridgehead atoms. The SMILES string of the molecule is [C-]#[N+]c1ccc(N2CCN(C(C)(C)C)CC2)nc1. The van der Waals surface area contributed by atoms with Crippen LogP contribution in [-0.2, 0) is 0 Å². The first-order chi connectivity index (χ1) is 8.50. The van der Waals surface area contributed by atoms with Crippen LogP contribution in [0.5, 0.6) is 0 Å². The van der Waals surface area contributed by atoms with Crippen molar-refractivity contribution in [3.05, 3.63) is 29.7 Å². The summed E-state index contributed by atoms with van der Waals surface area (Å²) in [5, 5.41) is 0. The first kappa shape index (κ1) is 12.8. The van der Waals surface area contributed by atoms with E-state index in [1.54, 1.807) is 6.20 Å². The normalized spacial score (nSPS) is 17.6. The quantitative estimate of drug-likeness (QED) is 0.709. The minimum Gasteiger partial charge on any atom is -0.354 e. The molecule has 0 aromatic carbocycles. The maximum absolute atomic E-state index is 6.92. The Bertz CT molecular complexity index is 430. The predicted molar refractivity (Wildman–Crippen MR) is 74.0 cm³/mol. The summed E-state index contributed by atoms with van der Waals surface area (Å²) in [6, 6.07) is 3.78. The van der Waals surface area contributed by atoms with Crippen molar-refractivity contribution in [1.29, 1.82) is 0 Å². The zero-order valence-corrected chi connectivity index (χ0v) is 11.3. The minimum absolute atomic E-state index is 0.244. The van der Waals surface area contributed by atoms with Gasteiger partial charge >= 0.3 is 0 Å². The van der Waals surface area contributed by atoms with E-state index in [9.17, 15) is 0 Å². The highest BCUT2D eigenvalue weighted by atomic mass is 15.3. The van der Waals surface area contributed by atoms with E-state index in [0.29, 0.717) is 5.69 Å². The smallest absolute Gasteiger partial charge is 0.205 e. The Hall–Kier alpha value is -1.60. The van der Waals surface area contributed by atoms with Crippen molar-refractivity contribution in [1.82, 2.24) is 9.88 Å². The number of pyridine rings is 1. The average molecular weight is 244 g/mol. The van der Waals surface area contributed by atoms with Gasteiger partial charge in [-0.25, -0.2) is 4.85 Å². The zero-order valence-electron chi connectivity index (χ0n) is 11.3. The van der Waals surface area contributed by atoms with Crippen molar-refractivity contribution in [2.45, 2.75) is 26.3 Å². The number of nitrogens with zero attached hydrogens (tertiary/aromatic N) is 4. The highest BCUT2D eigenvalue weighted by Crippen LogP contribution is 2.20. The molecule has 0 N–H and O–H groups in total. The maximum atomic E-state index is 6.92. The largest absolute Gasteiger partial charge is 0.354 e. The second kappa shape index (κ2) is 4.95. The van der Waals surface area contributed by atoms with Crippen LogP contribution in [0.2, 0.25) is 0 Å². The van der Waals surface area contributed by atoms with Crippen molar-refractivity contribution in [2.24, 2.45) is 0 Å². The monoisotopic (exact) mass is 244 g/mol. The van der Waals surface area contributed by atoms with E-state index in [0.717, 1.165) is 32.0 Å². The molecule has 1 fully saturated rings. The lowest BCUT2D eigenvalue weighted by atomic mass is 10.1. The molecular formula is C14H20N4. The van der Waals surface area contributed by atoms with E-state index in [2.05, 4.69) is 40.4 Å². The van der Waals surface area contributed by atoms with Gasteiger partial charge in [-0.2, -0.15) is 0 Å². The van der Waals surface area contributed by atoms with Crippen LogP contribution in [-0.4, -0.2) is 41.6 Å². The second-order valence-electron chi connectivity index (χ2n) is 5.63. The number of hydrogen-bond donors (Lipinski definition) is 0. The fraction of sp³-hybridized carbons (Fsp3) is 0.571. The van der Waals surface area contributed by atoms with Crippen molar-refractivity contribution in [2.75, 3.05) is 31.1 Å². The van der Waals surface area contributed by atoms with Gasteiger partial charge in [0.2, 0.25) is 5.69 Å². The van der Waals surface area contributed by atoms with Gasteiger partial charge in [0.25, 0.3) is 0 Å². The number of aromatic nitrogens is 1. The third-order valence-electron chi connectivity index (χ3n) is 3.41. The van der Waals surface area contributed by atoms with Gasteiger partial charge in [0.05, 0.1) is 6.57 Å². The Morgan fingerprint density at radius 2 is 1.83 bits per heavy atom. The molecule has 1 aromatic heterocycles. The van der Waals surface area contributed by atoms with Gasteiger partial charge in [-0.3, -0.25) is 9.88 Å². The highest BCUT2D eigenvalue weighted by molar-refractivity contribution is 5.49. The van der Waals surface area contributed by atoms with Crippen LogP contribution in [0.4, 0.5) is 11.5 Å². The van der Waals surface area contributed by atoms with E-state index in [-0.39, 0.29) is 5.54 Å². The number of piperazine rings is 1. The molecule has 96 valence electrons. The van der Waals surface area contributed by atoms with Gasteiger partial charge in [-0.1, -0.05) is 6.07 Å². The Labute approximate surface area is 109 Å². The Balaban J connectivity index is 1.99. The third-order valence-corrected chi connectivity index (χ3v) is 3.41. The van der Waals surface area contributed by atoms with Crippen LogP contribution in [0.3, 0.4) is 0 Å². The fourth-order valence-electron chi connectivity index (χ4n) is 2.24. The van der Waals surface area contributed by atoms with E-state index < -0.39 is 0 Å². The molecule has 0 atom stereocenters. The van der Waals surface area contributed by atoms with E-state index in [4.69, 9.17) is 6.57 Å². The van der Waals surface area contributed by atoms with Gasteiger partial charge in [0.1, 0.15) is 5.82 Å². The summed E-state index contributed by atoms with van der Waals surface area (Å²) in [6.07, 6.45) is 1.65. The molecule has 0 spiro atoms. The van der Waals surface area contributed by atoms with Crippen molar-refractivity contribution in [3.63, 3.8) is 0 Å². The summed E-state index contributed by atoms with van der Waals surface area (Å²) in [6.45, 7) is 17.8. The number of anilines is 1. The average Bonchev–Trinajstić information content (AvgIpc) is 2.38. The highest BCUT2D eigenvalue weighted by Gasteiger charge is 2.26. The van der Waals surface area contributed by atoms with Gasteiger partial charge < -0.3 is 4.90 Å². The van der Waals surface area contributed by atoms with Gasteiger partial charge in [-0.15, -0.1) is 0 Å². The molecule has 0 unspecified atom stereocenters. The molecule has 2 heterocycles. The van der Waals surface area contributed by atoms with Crippen LogP contribution >= 0.6 is 0 Å². The van der Waals surface area contributed by atoms with Crippen LogP contribution in [0, 0.1) is 6.57 Å². The summed E-state index contributed by atoms with van der Waals surface area (Å²) >= 11 is 0. The van der Waals surface area contributed by atoms with E-state index in [1.807, 2.05) is 12.1 Å². The summed E-state index contributed by atoms with van der Waals surface area (Å²) in [4.78, 5) is 12.5. The molecule has 0 radical (unpaired) electrons. The molecule has 1 aliphatic rings. The summed E-state index contributed by atoms with van der Waals surface area (Å²) < 4.78 is 0. The topological polar surface area (TPSA) is 23.7 Å². The van der Waals surface area contributed by atoms with E-state index in [1.165, 1.54) is 0 Å². The van der Waals surface area contributed by atoms with Crippen molar-refractivity contribution in [3.8, 4) is 0 Å². The van der Waals surface area contributed by atoms with Crippen LogP contribution < -0.4 is 4.90 Å². The molecule has 1 aliphatic heterocycles. The van der Waals surface area contributed by atoms with Gasteiger partial charge in [0, 0.05) is 37.9 Å². The maximum Gasteiger partial charge on any atom is 0.205 e. The first-order valence-electron chi connectivity index (χ1n) is 6.34. The molecule has 4 heteroatoms. The molecule has 4 nitrogen and oxygen atoms in total. The Morgan fingerprint density at radius 3 is 2.28 bits per heavy atom. The van der Waals surface area contributed by atoms with Gasteiger partial charge in [0.15, 0.2) is 0 Å². The molecule has 2 rings (SSSR count). The first-order valence-corrected chi connectivity index (χ1v) is 6.34. The lowest BCUT2D eigenvalue weighted by Crippen LogP contribution is -2.53. The lowest BCUT2D eigenvalue weighted by molar-refractivity contribution is 0.128. The summed E-state index contributed by atoms with van der Waals surface area (Å²) in [5.41, 5.74) is 0.847. The standard InChI is InChI=1S/C14H20N4/c1-14(2,3)18-9-7-17(8-10-18)13-6-5-12(15-4)11-16-13/h5-6,11H,7-10H2,1-3H3. The Morgan fingerprint density at radius 1 is 1.17 bits per heavy atom. The third kappa shape index (κ3) is 2.80. The molecule has 0 aliphatic carbocycles. The second-order valence-corrected chi connectivity index (χ2v) is 5.63. The van der Waals surface area contributed by atoms with Crippen LogP contribution in [0.25, 0.3) is 4.85 Å². The van der Waals surface area contributed by atoms with Crippen LogP contribution in [0.1, 0.15) is 20.8 Å².